The van der Waals surface area contributed by atoms with Gasteiger partial charge in [0.25, 0.3) is 0 Å². The van der Waals surface area contributed by atoms with Crippen LogP contribution in [0.3, 0.4) is 0 Å². The number of hydrogen-bond donors (Lipinski definition) is 1. The highest BCUT2D eigenvalue weighted by Crippen LogP contribution is 2.32. The topological polar surface area (TPSA) is 85.9 Å². The summed E-state index contributed by atoms with van der Waals surface area (Å²) in [5.74, 6) is 0.510. The van der Waals surface area contributed by atoms with E-state index in [1.807, 2.05) is 6.92 Å². The monoisotopic (exact) mass is 261 g/mol. The fourth-order valence-corrected chi connectivity index (χ4v) is 4.64. The molecule has 2 atom stereocenters. The van der Waals surface area contributed by atoms with Crippen LogP contribution in [0, 0.1) is 0 Å². The van der Waals surface area contributed by atoms with Crippen LogP contribution in [0.5, 0.6) is 0 Å². The molecule has 7 heteroatoms. The van der Waals surface area contributed by atoms with Crippen molar-refractivity contribution in [1.82, 2.24) is 10.2 Å². The third kappa shape index (κ3) is 2.41. The van der Waals surface area contributed by atoms with Gasteiger partial charge in [-0.2, -0.15) is 0 Å². The van der Waals surface area contributed by atoms with Gasteiger partial charge in [0, 0.05) is 5.92 Å². The van der Waals surface area contributed by atoms with Crippen LogP contribution in [0.25, 0.3) is 0 Å². The molecule has 2 unspecified atom stereocenters. The molecule has 1 aromatic rings. The molecule has 5 nitrogen and oxygen atoms in total. The minimum absolute atomic E-state index is 0.0281. The summed E-state index contributed by atoms with van der Waals surface area (Å²) in [7, 11) is -2.85. The van der Waals surface area contributed by atoms with Crippen LogP contribution in [0.1, 0.15) is 41.7 Å². The minimum Gasteiger partial charge on any atom is -0.322 e. The summed E-state index contributed by atoms with van der Waals surface area (Å²) in [6, 6.07) is -0.0794. The zero-order valence-corrected chi connectivity index (χ0v) is 10.7. The van der Waals surface area contributed by atoms with E-state index in [-0.39, 0.29) is 23.5 Å². The Kier molecular flexibility index (Phi) is 3.27. The summed E-state index contributed by atoms with van der Waals surface area (Å²) in [5.41, 5.74) is 5.85. The number of sulfone groups is 1. The van der Waals surface area contributed by atoms with E-state index in [0.717, 1.165) is 16.4 Å². The van der Waals surface area contributed by atoms with Gasteiger partial charge < -0.3 is 5.73 Å². The van der Waals surface area contributed by atoms with Gasteiger partial charge in [-0.15, -0.1) is 10.2 Å². The van der Waals surface area contributed by atoms with Crippen molar-refractivity contribution < 1.29 is 8.42 Å². The number of nitrogens with two attached hydrogens (primary N) is 1. The normalized spacial score (nSPS) is 25.8. The van der Waals surface area contributed by atoms with Gasteiger partial charge in [-0.1, -0.05) is 18.3 Å². The van der Waals surface area contributed by atoms with E-state index in [4.69, 9.17) is 5.73 Å². The molecule has 0 aromatic carbocycles. The van der Waals surface area contributed by atoms with Crippen LogP contribution in [-0.2, 0) is 9.84 Å². The van der Waals surface area contributed by atoms with Crippen molar-refractivity contribution in [3.05, 3.63) is 10.0 Å². The van der Waals surface area contributed by atoms with E-state index >= 15 is 0 Å². The van der Waals surface area contributed by atoms with Crippen molar-refractivity contribution in [1.29, 1.82) is 0 Å². The van der Waals surface area contributed by atoms with Gasteiger partial charge in [0.1, 0.15) is 10.0 Å². The molecule has 0 saturated carbocycles. The fourth-order valence-electron chi connectivity index (χ4n) is 1.73. The molecule has 0 bridgehead atoms. The quantitative estimate of drug-likeness (QED) is 0.871. The number of nitrogens with zero attached hydrogens (tertiary/aromatic N) is 2. The third-order valence-corrected chi connectivity index (χ3v) is 5.78. The highest BCUT2D eigenvalue weighted by molar-refractivity contribution is 7.91. The molecule has 2 heterocycles. The summed E-state index contributed by atoms with van der Waals surface area (Å²) in [5, 5.41) is 9.71. The maximum absolute atomic E-state index is 11.3. The first kappa shape index (κ1) is 11.9. The summed E-state index contributed by atoms with van der Waals surface area (Å²) in [6.45, 7) is 1.99. The lowest BCUT2D eigenvalue weighted by molar-refractivity contribution is 0.601. The van der Waals surface area contributed by atoms with Gasteiger partial charge in [0.05, 0.1) is 17.5 Å². The zero-order valence-electron chi connectivity index (χ0n) is 9.09. The molecule has 2 N–H and O–H groups in total. The first-order valence-electron chi connectivity index (χ1n) is 5.31. The predicted octanol–water partition coefficient (Wildman–Crippen LogP) is 0.850. The van der Waals surface area contributed by atoms with Gasteiger partial charge in [-0.3, -0.25) is 0 Å². The van der Waals surface area contributed by atoms with Crippen LogP contribution >= 0.6 is 11.3 Å². The molecule has 16 heavy (non-hydrogen) atoms. The van der Waals surface area contributed by atoms with E-state index in [1.54, 1.807) is 0 Å². The van der Waals surface area contributed by atoms with Crippen molar-refractivity contribution in [2.24, 2.45) is 5.73 Å². The van der Waals surface area contributed by atoms with Gasteiger partial charge >= 0.3 is 0 Å². The van der Waals surface area contributed by atoms with Gasteiger partial charge in [0.2, 0.25) is 0 Å². The highest BCUT2D eigenvalue weighted by Gasteiger charge is 2.31. The lowest BCUT2D eigenvalue weighted by atomic mass is 10.1. The van der Waals surface area contributed by atoms with E-state index in [0.29, 0.717) is 6.42 Å². The lowest BCUT2D eigenvalue weighted by Crippen LogP contribution is -2.07. The first-order chi connectivity index (χ1) is 7.52. The van der Waals surface area contributed by atoms with Crippen molar-refractivity contribution in [2.75, 3.05) is 11.5 Å². The van der Waals surface area contributed by atoms with Crippen molar-refractivity contribution in [3.8, 4) is 0 Å². The smallest absolute Gasteiger partial charge is 0.151 e. The Morgan fingerprint density at radius 2 is 2.31 bits per heavy atom. The predicted molar refractivity (Wildman–Crippen MR) is 63.1 cm³/mol. The second kappa shape index (κ2) is 4.38. The Morgan fingerprint density at radius 1 is 1.56 bits per heavy atom. The molecule has 1 aliphatic heterocycles. The summed E-state index contributed by atoms with van der Waals surface area (Å²) < 4.78 is 22.7. The molecule has 0 spiro atoms. The highest BCUT2D eigenvalue weighted by atomic mass is 32.2. The van der Waals surface area contributed by atoms with Crippen LogP contribution in [0.2, 0.25) is 0 Å². The molecule has 0 amide bonds. The van der Waals surface area contributed by atoms with Gasteiger partial charge in [-0.25, -0.2) is 8.42 Å². The average molecular weight is 261 g/mol. The van der Waals surface area contributed by atoms with Crippen molar-refractivity contribution in [3.63, 3.8) is 0 Å². The standard InChI is InChI=1S/C9H15N3O2S2/c1-2-7(10)9-12-11-8(15-9)6-3-4-16(13,14)5-6/h6-7H,2-5,10H2,1H3. The second-order valence-corrected chi connectivity index (χ2v) is 7.36. The van der Waals surface area contributed by atoms with Crippen LogP contribution < -0.4 is 5.73 Å². The average Bonchev–Trinajstić information content (AvgIpc) is 2.83. The summed E-state index contributed by atoms with van der Waals surface area (Å²) in [6.07, 6.45) is 1.48. The van der Waals surface area contributed by atoms with Crippen molar-refractivity contribution >= 4 is 21.2 Å². The molecule has 1 aromatic heterocycles. The molecule has 1 saturated heterocycles. The van der Waals surface area contributed by atoms with Crippen LogP contribution in [-0.4, -0.2) is 30.1 Å². The molecular weight excluding hydrogens is 246 g/mol. The fraction of sp³-hybridized carbons (Fsp3) is 0.778. The molecule has 0 aliphatic carbocycles. The molecule has 2 rings (SSSR count). The Hall–Kier alpha value is -0.530. The van der Waals surface area contributed by atoms with Crippen molar-refractivity contribution in [2.45, 2.75) is 31.7 Å². The number of hydrogen-bond acceptors (Lipinski definition) is 6. The molecule has 1 aliphatic rings. The van der Waals surface area contributed by atoms with E-state index in [2.05, 4.69) is 10.2 Å². The third-order valence-electron chi connectivity index (χ3n) is 2.79. The van der Waals surface area contributed by atoms with Gasteiger partial charge in [0.15, 0.2) is 9.84 Å². The van der Waals surface area contributed by atoms with E-state index < -0.39 is 9.84 Å². The Morgan fingerprint density at radius 3 is 2.88 bits per heavy atom. The largest absolute Gasteiger partial charge is 0.322 e. The maximum Gasteiger partial charge on any atom is 0.151 e. The Bertz CT molecular complexity index is 469. The second-order valence-electron chi connectivity index (χ2n) is 4.09. The molecule has 0 radical (unpaired) electrons. The zero-order chi connectivity index (χ0) is 11.8. The molecule has 90 valence electrons. The van der Waals surface area contributed by atoms with E-state index in [1.165, 1.54) is 11.3 Å². The lowest BCUT2D eigenvalue weighted by Gasteiger charge is -2.02. The first-order valence-corrected chi connectivity index (χ1v) is 7.95. The Labute approximate surface area is 99.0 Å². The maximum atomic E-state index is 11.3. The minimum atomic E-state index is -2.85. The number of rotatable bonds is 3. The molecular formula is C9H15N3O2S2. The van der Waals surface area contributed by atoms with Crippen LogP contribution in [0.15, 0.2) is 0 Å². The number of aromatic nitrogens is 2. The van der Waals surface area contributed by atoms with Crippen LogP contribution in [0.4, 0.5) is 0 Å². The molecule has 1 fully saturated rings. The SMILES string of the molecule is CCC(N)c1nnc(C2CCS(=O)(=O)C2)s1. The summed E-state index contributed by atoms with van der Waals surface area (Å²) in [4.78, 5) is 0. The van der Waals surface area contributed by atoms with E-state index in [9.17, 15) is 8.42 Å². The Balaban J connectivity index is 2.14. The summed E-state index contributed by atoms with van der Waals surface area (Å²) >= 11 is 1.45. The van der Waals surface area contributed by atoms with Gasteiger partial charge in [-0.05, 0) is 12.8 Å².